The Balaban J connectivity index is 1.10. The number of rotatable bonds is 5. The Hall–Kier alpha value is -6.14. The van der Waals surface area contributed by atoms with Crippen molar-refractivity contribution < 1.29 is 5.32 Å². The second-order valence-electron chi connectivity index (χ2n) is 12.8. The molecule has 4 nitrogen and oxygen atoms in total. The summed E-state index contributed by atoms with van der Waals surface area (Å²) in [6, 6.07) is 60.5. The zero-order chi connectivity index (χ0) is 33.0. The molecule has 0 saturated heterocycles. The summed E-state index contributed by atoms with van der Waals surface area (Å²) in [6.45, 7) is 0. The first-order chi connectivity index (χ1) is 24.8. The SMILES string of the molecule is c1ccc(C2=NC(c3ccc(-n4c5ccccc5c5ccc6c7ccccc7sc6c54)cc3)=NC(c3cccc(-c4ccccc4)c3)[NH2+]2)cc1. The average molecular weight is 660 g/mol. The molecule has 2 N–H and O–H groups in total. The van der Waals surface area contributed by atoms with Gasteiger partial charge in [-0.25, -0.2) is 4.99 Å². The average Bonchev–Trinajstić information content (AvgIpc) is 3.75. The van der Waals surface area contributed by atoms with Gasteiger partial charge in [0, 0.05) is 43.1 Å². The fourth-order valence-electron chi connectivity index (χ4n) is 7.37. The molecular formula is C45H31N4S+. The predicted octanol–water partition coefficient (Wildman–Crippen LogP) is 10.3. The Morgan fingerprint density at radius 3 is 2.02 bits per heavy atom. The van der Waals surface area contributed by atoms with Crippen molar-refractivity contribution in [3.05, 3.63) is 187 Å². The van der Waals surface area contributed by atoms with Crippen LogP contribution in [-0.2, 0) is 0 Å². The van der Waals surface area contributed by atoms with E-state index in [1.807, 2.05) is 17.4 Å². The number of quaternary nitrogens is 1. The molecule has 1 atom stereocenters. The molecule has 0 fully saturated rings. The number of aliphatic imine (C=N–C) groups is 2. The molecule has 0 bridgehead atoms. The molecule has 2 aromatic heterocycles. The van der Waals surface area contributed by atoms with Crippen molar-refractivity contribution in [3.63, 3.8) is 0 Å². The molecule has 50 heavy (non-hydrogen) atoms. The predicted molar refractivity (Wildman–Crippen MR) is 210 cm³/mol. The van der Waals surface area contributed by atoms with Crippen molar-refractivity contribution in [2.45, 2.75) is 6.17 Å². The van der Waals surface area contributed by atoms with E-state index >= 15 is 0 Å². The van der Waals surface area contributed by atoms with Crippen LogP contribution in [0, 0.1) is 0 Å². The third kappa shape index (κ3) is 4.78. The third-order valence-corrected chi connectivity index (χ3v) is 11.0. The lowest BCUT2D eigenvalue weighted by molar-refractivity contribution is -0.586. The molecule has 7 aromatic carbocycles. The van der Waals surface area contributed by atoms with Crippen LogP contribution in [0.4, 0.5) is 0 Å². The lowest BCUT2D eigenvalue weighted by atomic mass is 10.0. The van der Waals surface area contributed by atoms with Gasteiger partial charge in [0.15, 0.2) is 5.84 Å². The van der Waals surface area contributed by atoms with E-state index in [4.69, 9.17) is 9.98 Å². The summed E-state index contributed by atoms with van der Waals surface area (Å²) in [6.07, 6.45) is -0.167. The van der Waals surface area contributed by atoms with Gasteiger partial charge in [0.1, 0.15) is 0 Å². The lowest BCUT2D eigenvalue weighted by Gasteiger charge is -2.20. The zero-order valence-corrected chi connectivity index (χ0v) is 27.9. The molecule has 10 rings (SSSR count). The van der Waals surface area contributed by atoms with Crippen LogP contribution in [-0.4, -0.2) is 16.2 Å². The minimum absolute atomic E-state index is 0.167. The van der Waals surface area contributed by atoms with Crippen molar-refractivity contribution in [2.75, 3.05) is 0 Å². The fourth-order valence-corrected chi connectivity index (χ4v) is 8.61. The smallest absolute Gasteiger partial charge is 0.235 e. The molecule has 5 heteroatoms. The maximum Gasteiger partial charge on any atom is 0.235 e. The number of hydrogen-bond donors (Lipinski definition) is 1. The third-order valence-electron chi connectivity index (χ3n) is 9.77. The molecule has 3 heterocycles. The first-order valence-electron chi connectivity index (χ1n) is 16.9. The van der Waals surface area contributed by atoms with Crippen molar-refractivity contribution in [1.82, 2.24) is 4.57 Å². The van der Waals surface area contributed by atoms with E-state index in [0.29, 0.717) is 0 Å². The van der Waals surface area contributed by atoms with Gasteiger partial charge in [0.05, 0.1) is 21.3 Å². The number of benzene rings is 7. The van der Waals surface area contributed by atoms with Gasteiger partial charge in [0.2, 0.25) is 12.0 Å². The lowest BCUT2D eigenvalue weighted by Crippen LogP contribution is -2.90. The molecule has 0 aliphatic carbocycles. The first-order valence-corrected chi connectivity index (χ1v) is 17.8. The standard InChI is InChI=1S/C45H30N4S/c1-3-12-29(13-4-1)32-16-11-17-33(28-32)45-47-43(30-14-5-2-6-15-30)46-44(48-45)31-22-24-34(25-23-31)49-39-20-9-7-18-35(39)37-26-27-38-36-19-8-10-21-40(36)50-42(38)41(37)49/h1-28,45H,(H,46,47,48)/p+1. The summed E-state index contributed by atoms with van der Waals surface area (Å²) < 4.78 is 5.05. The highest BCUT2D eigenvalue weighted by Crippen LogP contribution is 2.42. The topological polar surface area (TPSA) is 46.3 Å². The van der Waals surface area contributed by atoms with Gasteiger partial charge >= 0.3 is 0 Å². The number of nitrogens with zero attached hydrogens (tertiary/aromatic N) is 3. The molecule has 0 saturated carbocycles. The maximum atomic E-state index is 5.26. The highest BCUT2D eigenvalue weighted by Gasteiger charge is 2.26. The molecule has 0 amide bonds. The van der Waals surface area contributed by atoms with E-state index in [9.17, 15) is 0 Å². The summed E-state index contributed by atoms with van der Waals surface area (Å²) in [4.78, 5) is 10.4. The van der Waals surface area contributed by atoms with Crippen LogP contribution in [0.25, 0.3) is 58.8 Å². The highest BCUT2D eigenvalue weighted by molar-refractivity contribution is 7.26. The summed E-state index contributed by atoms with van der Waals surface area (Å²) in [5, 5.41) is 7.33. The van der Waals surface area contributed by atoms with E-state index in [1.165, 1.54) is 53.1 Å². The van der Waals surface area contributed by atoms with E-state index in [2.05, 4.69) is 174 Å². The molecule has 1 aliphatic heterocycles. The molecule has 236 valence electrons. The molecule has 0 spiro atoms. The molecule has 9 aromatic rings. The number of hydrogen-bond acceptors (Lipinski definition) is 3. The Morgan fingerprint density at radius 2 is 1.20 bits per heavy atom. The minimum atomic E-state index is -0.167. The van der Waals surface area contributed by atoms with Gasteiger partial charge in [-0.2, -0.15) is 4.99 Å². The van der Waals surface area contributed by atoms with E-state index < -0.39 is 0 Å². The minimum Gasteiger partial charge on any atom is -0.308 e. The van der Waals surface area contributed by atoms with Gasteiger partial charge in [-0.3, -0.25) is 5.32 Å². The molecule has 0 radical (unpaired) electrons. The summed E-state index contributed by atoms with van der Waals surface area (Å²) in [5.41, 5.74) is 9.16. The molecule has 1 unspecified atom stereocenters. The number of para-hydroxylation sites is 1. The van der Waals surface area contributed by atoms with Crippen molar-refractivity contribution in [2.24, 2.45) is 9.98 Å². The van der Waals surface area contributed by atoms with Crippen LogP contribution in [0.15, 0.2) is 180 Å². The van der Waals surface area contributed by atoms with E-state index in [-0.39, 0.29) is 6.17 Å². The molecule has 1 aliphatic rings. The van der Waals surface area contributed by atoms with E-state index in [0.717, 1.165) is 34.0 Å². The van der Waals surface area contributed by atoms with E-state index in [1.54, 1.807) is 0 Å². The summed E-state index contributed by atoms with van der Waals surface area (Å²) in [5.74, 6) is 1.67. The number of amidine groups is 2. The van der Waals surface area contributed by atoms with Gasteiger partial charge in [-0.1, -0.05) is 115 Å². The normalized spacial score (nSPS) is 14.8. The number of aromatic nitrogens is 1. The zero-order valence-electron chi connectivity index (χ0n) is 27.1. The largest absolute Gasteiger partial charge is 0.308 e. The fraction of sp³-hybridized carbons (Fsp3) is 0.0222. The molecular weight excluding hydrogens is 629 g/mol. The maximum absolute atomic E-state index is 5.26. The van der Waals surface area contributed by atoms with Crippen LogP contribution in [0.1, 0.15) is 22.9 Å². The van der Waals surface area contributed by atoms with Gasteiger partial charge in [-0.05, 0) is 65.7 Å². The Bertz CT molecular complexity index is 2770. The van der Waals surface area contributed by atoms with Crippen LogP contribution < -0.4 is 5.32 Å². The van der Waals surface area contributed by atoms with Crippen molar-refractivity contribution >= 4 is 65.0 Å². The van der Waals surface area contributed by atoms with Crippen LogP contribution in [0.5, 0.6) is 0 Å². The number of fused-ring (bicyclic) bond motifs is 7. The quantitative estimate of drug-likeness (QED) is 0.191. The van der Waals surface area contributed by atoms with Crippen LogP contribution in [0.3, 0.4) is 0 Å². The number of nitrogens with two attached hydrogens (primary N) is 1. The summed E-state index contributed by atoms with van der Waals surface area (Å²) in [7, 11) is 0. The Kier molecular flexibility index (Phi) is 6.79. The monoisotopic (exact) mass is 659 g/mol. The van der Waals surface area contributed by atoms with Crippen molar-refractivity contribution in [1.29, 1.82) is 0 Å². The van der Waals surface area contributed by atoms with Gasteiger partial charge < -0.3 is 4.57 Å². The second kappa shape index (κ2) is 11.8. The Morgan fingerprint density at radius 1 is 0.520 bits per heavy atom. The number of thiophene rings is 1. The van der Waals surface area contributed by atoms with Crippen molar-refractivity contribution in [3.8, 4) is 16.8 Å². The highest BCUT2D eigenvalue weighted by atomic mass is 32.1. The Labute approximate surface area is 293 Å². The van der Waals surface area contributed by atoms with Crippen LogP contribution >= 0.6 is 11.3 Å². The van der Waals surface area contributed by atoms with Gasteiger partial charge in [0.25, 0.3) is 0 Å². The first kappa shape index (κ1) is 28.8. The second-order valence-corrected chi connectivity index (χ2v) is 13.8. The van der Waals surface area contributed by atoms with Gasteiger partial charge in [-0.15, -0.1) is 11.3 Å². The van der Waals surface area contributed by atoms with Crippen LogP contribution in [0.2, 0.25) is 0 Å². The summed E-state index contributed by atoms with van der Waals surface area (Å²) >= 11 is 1.88.